The third-order valence-electron chi connectivity index (χ3n) is 4.09. The van der Waals surface area contributed by atoms with E-state index in [-0.39, 0.29) is 30.5 Å². The maximum Gasteiger partial charge on any atom is 0.276 e. The molecule has 1 aromatic rings. The van der Waals surface area contributed by atoms with Gasteiger partial charge in [0, 0.05) is 6.42 Å². The van der Waals surface area contributed by atoms with E-state index in [4.69, 9.17) is 4.74 Å². The maximum atomic E-state index is 11.8. The molecule has 2 N–H and O–H groups in total. The molecule has 1 saturated heterocycles. The van der Waals surface area contributed by atoms with E-state index >= 15 is 0 Å². The molecule has 0 radical (unpaired) electrons. The second kappa shape index (κ2) is 7.86. The van der Waals surface area contributed by atoms with Crippen LogP contribution in [0.15, 0.2) is 12.1 Å². The predicted octanol–water partition coefficient (Wildman–Crippen LogP) is 0.963. The van der Waals surface area contributed by atoms with Crippen LogP contribution in [0, 0.1) is 26.7 Å². The van der Waals surface area contributed by atoms with Crippen molar-refractivity contribution < 1.29 is 22.7 Å². The fourth-order valence-corrected chi connectivity index (χ4v) is 4.92. The molecule has 1 atom stereocenters. The minimum atomic E-state index is -3.01. The Morgan fingerprint density at radius 2 is 1.72 bits per heavy atom. The Kier molecular flexibility index (Phi) is 6.05. The summed E-state index contributed by atoms with van der Waals surface area (Å²) >= 11 is 0. The lowest BCUT2D eigenvalue weighted by atomic mass is 10.1. The second-order valence-corrected chi connectivity index (χ2v) is 8.81. The fraction of sp³-hybridized carbons (Fsp3) is 0.529. The van der Waals surface area contributed by atoms with Crippen LogP contribution in [0.5, 0.6) is 5.75 Å². The van der Waals surface area contributed by atoms with E-state index in [0.717, 1.165) is 16.7 Å². The number of benzene rings is 1. The molecule has 1 aliphatic rings. The fourth-order valence-electron chi connectivity index (χ4n) is 3.05. The molecular formula is C17H24N2O5S. The molecule has 0 unspecified atom stereocenters. The van der Waals surface area contributed by atoms with Crippen molar-refractivity contribution in [2.75, 3.05) is 18.1 Å². The van der Waals surface area contributed by atoms with Gasteiger partial charge in [0.15, 0.2) is 16.4 Å². The van der Waals surface area contributed by atoms with Crippen LogP contribution in [0.25, 0.3) is 0 Å². The van der Waals surface area contributed by atoms with Gasteiger partial charge in [0.1, 0.15) is 5.75 Å². The van der Waals surface area contributed by atoms with Crippen molar-refractivity contribution in [1.29, 1.82) is 0 Å². The molecular weight excluding hydrogens is 344 g/mol. The normalized spacial score (nSPS) is 18.6. The van der Waals surface area contributed by atoms with E-state index in [9.17, 15) is 18.0 Å². The van der Waals surface area contributed by atoms with Crippen molar-refractivity contribution >= 4 is 21.7 Å². The molecule has 25 heavy (non-hydrogen) atoms. The minimum absolute atomic E-state index is 0.0312. The zero-order valence-corrected chi connectivity index (χ0v) is 15.5. The molecule has 0 bridgehead atoms. The van der Waals surface area contributed by atoms with Crippen LogP contribution in [-0.4, -0.2) is 38.3 Å². The first-order chi connectivity index (χ1) is 11.7. The Balaban J connectivity index is 1.75. The van der Waals surface area contributed by atoms with Gasteiger partial charge in [-0.1, -0.05) is 17.7 Å². The van der Waals surface area contributed by atoms with Gasteiger partial charge in [0.05, 0.1) is 11.5 Å². The molecule has 0 saturated carbocycles. The number of hydrogen-bond acceptors (Lipinski definition) is 5. The molecule has 1 aliphatic heterocycles. The van der Waals surface area contributed by atoms with Crippen molar-refractivity contribution in [1.82, 2.24) is 10.9 Å². The lowest BCUT2D eigenvalue weighted by molar-refractivity contribution is -0.130. The first-order valence-electron chi connectivity index (χ1n) is 8.15. The van der Waals surface area contributed by atoms with Crippen LogP contribution in [0.2, 0.25) is 0 Å². The highest BCUT2D eigenvalue weighted by atomic mass is 32.2. The van der Waals surface area contributed by atoms with Crippen LogP contribution in [0.3, 0.4) is 0 Å². The Hall–Kier alpha value is -2.09. The summed E-state index contributed by atoms with van der Waals surface area (Å²) < 4.78 is 28.3. The third-order valence-corrected chi connectivity index (χ3v) is 5.93. The summed E-state index contributed by atoms with van der Waals surface area (Å²) in [7, 11) is -3.01. The van der Waals surface area contributed by atoms with E-state index < -0.39 is 21.7 Å². The SMILES string of the molecule is Cc1cc(C)c(OCC(=O)NNC(=O)C[C@H]2CCS(=O)(=O)C2)c(C)c1. The molecule has 1 heterocycles. The highest BCUT2D eigenvalue weighted by Crippen LogP contribution is 2.24. The van der Waals surface area contributed by atoms with E-state index in [1.807, 2.05) is 32.9 Å². The van der Waals surface area contributed by atoms with Gasteiger partial charge in [-0.25, -0.2) is 8.42 Å². The van der Waals surface area contributed by atoms with E-state index in [1.165, 1.54) is 0 Å². The molecule has 7 nitrogen and oxygen atoms in total. The van der Waals surface area contributed by atoms with Crippen molar-refractivity contribution in [3.63, 3.8) is 0 Å². The topological polar surface area (TPSA) is 102 Å². The van der Waals surface area contributed by atoms with Gasteiger partial charge in [0.25, 0.3) is 5.91 Å². The predicted molar refractivity (Wildman–Crippen MR) is 93.8 cm³/mol. The van der Waals surface area contributed by atoms with Crippen LogP contribution < -0.4 is 15.6 Å². The zero-order chi connectivity index (χ0) is 18.6. The minimum Gasteiger partial charge on any atom is -0.483 e. The zero-order valence-electron chi connectivity index (χ0n) is 14.7. The number of ether oxygens (including phenoxy) is 1. The van der Waals surface area contributed by atoms with Crippen molar-refractivity contribution in [3.05, 3.63) is 28.8 Å². The van der Waals surface area contributed by atoms with Gasteiger partial charge in [0.2, 0.25) is 5.91 Å². The van der Waals surface area contributed by atoms with Gasteiger partial charge in [-0.15, -0.1) is 0 Å². The Bertz CT molecular complexity index is 750. The molecule has 8 heteroatoms. The standard InChI is InChI=1S/C17H24N2O5S/c1-11-6-12(2)17(13(3)7-11)24-9-16(21)19-18-15(20)8-14-4-5-25(22,23)10-14/h6-7,14H,4-5,8-10H2,1-3H3,(H,18,20)(H,19,21)/t14-/m1/s1. The van der Waals surface area contributed by atoms with Crippen molar-refractivity contribution in [2.45, 2.75) is 33.6 Å². The molecule has 2 amide bonds. The Morgan fingerprint density at radius 3 is 2.28 bits per heavy atom. The number of hydrogen-bond donors (Lipinski definition) is 2. The van der Waals surface area contributed by atoms with Crippen LogP contribution in [0.4, 0.5) is 0 Å². The van der Waals surface area contributed by atoms with E-state index in [1.54, 1.807) is 0 Å². The number of aryl methyl sites for hydroxylation is 3. The smallest absolute Gasteiger partial charge is 0.276 e. The Morgan fingerprint density at radius 1 is 1.12 bits per heavy atom. The number of hydrazine groups is 1. The first kappa shape index (κ1) is 19.2. The summed E-state index contributed by atoms with van der Waals surface area (Å²) in [6.45, 7) is 5.58. The Labute approximate surface area is 148 Å². The van der Waals surface area contributed by atoms with Gasteiger partial charge < -0.3 is 4.74 Å². The van der Waals surface area contributed by atoms with E-state index in [0.29, 0.717) is 12.2 Å². The molecule has 1 aromatic carbocycles. The number of carbonyl (C=O) groups excluding carboxylic acids is 2. The van der Waals surface area contributed by atoms with E-state index in [2.05, 4.69) is 10.9 Å². The lowest BCUT2D eigenvalue weighted by Gasteiger charge is -2.14. The number of sulfone groups is 1. The lowest BCUT2D eigenvalue weighted by Crippen LogP contribution is -2.44. The van der Waals surface area contributed by atoms with Crippen molar-refractivity contribution in [2.24, 2.45) is 5.92 Å². The average molecular weight is 368 g/mol. The highest BCUT2D eigenvalue weighted by Gasteiger charge is 2.29. The number of amides is 2. The van der Waals surface area contributed by atoms with Gasteiger partial charge >= 0.3 is 0 Å². The van der Waals surface area contributed by atoms with Gasteiger partial charge in [-0.2, -0.15) is 0 Å². The van der Waals surface area contributed by atoms with Crippen LogP contribution in [0.1, 0.15) is 29.5 Å². The molecule has 138 valence electrons. The van der Waals surface area contributed by atoms with Crippen molar-refractivity contribution in [3.8, 4) is 5.75 Å². The second-order valence-electron chi connectivity index (χ2n) is 6.59. The first-order valence-corrected chi connectivity index (χ1v) is 9.97. The molecule has 2 rings (SSSR count). The number of rotatable bonds is 5. The summed E-state index contributed by atoms with van der Waals surface area (Å²) in [4.78, 5) is 23.6. The monoisotopic (exact) mass is 368 g/mol. The van der Waals surface area contributed by atoms with Crippen LogP contribution >= 0.6 is 0 Å². The highest BCUT2D eigenvalue weighted by molar-refractivity contribution is 7.91. The summed E-state index contributed by atoms with van der Waals surface area (Å²) in [6, 6.07) is 3.94. The quantitative estimate of drug-likeness (QED) is 0.754. The molecule has 0 aliphatic carbocycles. The summed E-state index contributed by atoms with van der Waals surface area (Å²) in [6.07, 6.45) is 0.565. The average Bonchev–Trinajstić information content (AvgIpc) is 2.82. The largest absolute Gasteiger partial charge is 0.483 e. The maximum absolute atomic E-state index is 11.8. The molecule has 0 spiro atoms. The molecule has 1 fully saturated rings. The molecule has 0 aromatic heterocycles. The van der Waals surface area contributed by atoms with Crippen LogP contribution in [-0.2, 0) is 19.4 Å². The summed E-state index contributed by atoms with van der Waals surface area (Å²) in [5, 5.41) is 0. The third kappa shape index (κ3) is 5.74. The van der Waals surface area contributed by atoms with Gasteiger partial charge in [-0.05, 0) is 44.2 Å². The summed E-state index contributed by atoms with van der Waals surface area (Å²) in [5.74, 6) is -0.256. The van der Waals surface area contributed by atoms with Gasteiger partial charge in [-0.3, -0.25) is 20.4 Å². The summed E-state index contributed by atoms with van der Waals surface area (Å²) in [5.41, 5.74) is 7.58. The number of carbonyl (C=O) groups is 2. The number of nitrogens with one attached hydrogen (secondary N) is 2.